The van der Waals surface area contributed by atoms with E-state index in [4.69, 9.17) is 5.11 Å². The number of hydrogen-bond donors (Lipinski definition) is 4. The highest BCUT2D eigenvalue weighted by molar-refractivity contribution is 5.99. The van der Waals surface area contributed by atoms with Crippen LogP contribution in [0.15, 0.2) is 36.4 Å². The van der Waals surface area contributed by atoms with Gasteiger partial charge in [-0.25, -0.2) is 18.0 Å². The highest BCUT2D eigenvalue weighted by atomic mass is 19.1. The predicted octanol–water partition coefficient (Wildman–Crippen LogP) is 3.44. The van der Waals surface area contributed by atoms with Crippen molar-refractivity contribution in [2.45, 2.75) is 13.0 Å². The molecule has 2 amide bonds. The molecule has 9 heteroatoms. The van der Waals surface area contributed by atoms with Gasteiger partial charge in [-0.2, -0.15) is 0 Å². The average Bonchev–Trinajstić information content (AvgIpc) is 2.48. The smallest absolute Gasteiger partial charge is 0.405 e. The van der Waals surface area contributed by atoms with E-state index in [1.54, 1.807) is 0 Å². The Kier molecular flexibility index (Phi) is 5.48. The molecule has 25 heavy (non-hydrogen) atoms. The molecule has 0 saturated heterocycles. The van der Waals surface area contributed by atoms with Crippen molar-refractivity contribution >= 4 is 29.1 Å². The molecule has 0 fully saturated rings. The number of benzene rings is 2. The minimum Gasteiger partial charge on any atom is -0.465 e. The van der Waals surface area contributed by atoms with Crippen molar-refractivity contribution in [3.63, 3.8) is 0 Å². The normalized spacial score (nSPS) is 11.5. The molecule has 0 aromatic heterocycles. The van der Waals surface area contributed by atoms with Crippen LogP contribution < -0.4 is 16.0 Å². The Labute approximate surface area is 140 Å². The lowest BCUT2D eigenvalue weighted by molar-refractivity contribution is -0.117. The summed E-state index contributed by atoms with van der Waals surface area (Å²) in [6.07, 6.45) is -1.38. The lowest BCUT2D eigenvalue weighted by Crippen LogP contribution is -2.40. The van der Waals surface area contributed by atoms with Crippen LogP contribution in [0.25, 0.3) is 0 Å². The van der Waals surface area contributed by atoms with Gasteiger partial charge in [0.25, 0.3) is 0 Å². The van der Waals surface area contributed by atoms with Gasteiger partial charge in [0.2, 0.25) is 5.91 Å². The number of hydrogen-bond acceptors (Lipinski definition) is 3. The summed E-state index contributed by atoms with van der Waals surface area (Å²) in [6.45, 7) is 1.32. The largest absolute Gasteiger partial charge is 0.465 e. The minimum absolute atomic E-state index is 0.00954. The quantitative estimate of drug-likeness (QED) is 0.663. The Morgan fingerprint density at radius 3 is 2.20 bits per heavy atom. The molecule has 0 heterocycles. The Balaban J connectivity index is 2.25. The van der Waals surface area contributed by atoms with Crippen molar-refractivity contribution in [1.29, 1.82) is 0 Å². The van der Waals surface area contributed by atoms with E-state index in [0.29, 0.717) is 6.07 Å². The zero-order valence-corrected chi connectivity index (χ0v) is 12.9. The molecule has 0 aliphatic rings. The minimum atomic E-state index is -1.38. The Morgan fingerprint density at radius 1 is 0.960 bits per heavy atom. The van der Waals surface area contributed by atoms with Gasteiger partial charge in [-0.1, -0.05) is 0 Å². The van der Waals surface area contributed by atoms with Crippen molar-refractivity contribution in [3.05, 3.63) is 53.8 Å². The van der Waals surface area contributed by atoms with Crippen LogP contribution in [-0.4, -0.2) is 23.1 Å². The predicted molar refractivity (Wildman–Crippen MR) is 85.3 cm³/mol. The van der Waals surface area contributed by atoms with Gasteiger partial charge in [-0.05, 0) is 37.3 Å². The fraction of sp³-hybridized carbons (Fsp3) is 0.125. The zero-order valence-electron chi connectivity index (χ0n) is 12.9. The van der Waals surface area contributed by atoms with Crippen LogP contribution >= 0.6 is 0 Å². The van der Waals surface area contributed by atoms with Crippen LogP contribution in [0.4, 0.5) is 35.0 Å². The number of rotatable bonds is 5. The van der Waals surface area contributed by atoms with Crippen LogP contribution in [0.5, 0.6) is 0 Å². The molecule has 1 atom stereocenters. The monoisotopic (exact) mass is 353 g/mol. The number of amides is 2. The van der Waals surface area contributed by atoms with Crippen molar-refractivity contribution < 1.29 is 27.9 Å². The van der Waals surface area contributed by atoms with E-state index >= 15 is 0 Å². The molecule has 0 aliphatic carbocycles. The Bertz CT molecular complexity index is 794. The molecule has 2 aromatic carbocycles. The lowest BCUT2D eigenvalue weighted by Gasteiger charge is -2.16. The molecule has 0 spiro atoms. The fourth-order valence-electron chi connectivity index (χ4n) is 2.00. The lowest BCUT2D eigenvalue weighted by atomic mass is 10.2. The molecular formula is C16H14F3N3O3. The third-order valence-electron chi connectivity index (χ3n) is 3.11. The second kappa shape index (κ2) is 7.56. The van der Waals surface area contributed by atoms with E-state index < -0.39 is 35.5 Å². The molecule has 2 rings (SSSR count). The van der Waals surface area contributed by atoms with Crippen LogP contribution in [0, 0.1) is 17.5 Å². The number of anilines is 3. The van der Waals surface area contributed by atoms with Gasteiger partial charge < -0.3 is 21.1 Å². The zero-order chi connectivity index (χ0) is 18.6. The second-order valence-electron chi connectivity index (χ2n) is 5.13. The maximum absolute atomic E-state index is 13.5. The highest BCUT2D eigenvalue weighted by Crippen LogP contribution is 2.27. The Hall–Kier alpha value is -3.23. The first kappa shape index (κ1) is 18.1. The van der Waals surface area contributed by atoms with Gasteiger partial charge in [0, 0.05) is 11.8 Å². The van der Waals surface area contributed by atoms with Crippen molar-refractivity contribution in [1.82, 2.24) is 5.32 Å². The van der Waals surface area contributed by atoms with Crippen molar-refractivity contribution in [3.8, 4) is 0 Å². The Morgan fingerprint density at radius 2 is 1.60 bits per heavy atom. The van der Waals surface area contributed by atoms with E-state index in [0.717, 1.165) is 24.3 Å². The number of nitrogens with one attached hydrogen (secondary N) is 3. The van der Waals surface area contributed by atoms with E-state index in [-0.39, 0.29) is 17.1 Å². The topological polar surface area (TPSA) is 90.5 Å². The number of carbonyl (C=O) groups is 2. The molecular weight excluding hydrogens is 339 g/mol. The van der Waals surface area contributed by atoms with Gasteiger partial charge in [-0.3, -0.25) is 4.79 Å². The molecule has 6 nitrogen and oxygen atoms in total. The summed E-state index contributed by atoms with van der Waals surface area (Å²) in [5, 5.41) is 15.6. The van der Waals surface area contributed by atoms with Gasteiger partial charge >= 0.3 is 6.09 Å². The molecule has 0 bridgehead atoms. The van der Waals surface area contributed by atoms with Crippen LogP contribution in [0.3, 0.4) is 0 Å². The molecule has 0 aliphatic heterocycles. The van der Waals surface area contributed by atoms with Crippen LogP contribution in [-0.2, 0) is 4.79 Å². The summed E-state index contributed by atoms with van der Waals surface area (Å²) in [5.74, 6) is -3.00. The van der Waals surface area contributed by atoms with Gasteiger partial charge in [0.1, 0.15) is 23.5 Å². The summed E-state index contributed by atoms with van der Waals surface area (Å²) < 4.78 is 40.0. The van der Waals surface area contributed by atoms with E-state index in [1.165, 1.54) is 13.0 Å². The molecule has 1 unspecified atom stereocenters. The molecule has 2 aromatic rings. The number of halogens is 3. The summed E-state index contributed by atoms with van der Waals surface area (Å²) in [6, 6.07) is 4.93. The number of carbonyl (C=O) groups excluding carboxylic acids is 1. The van der Waals surface area contributed by atoms with E-state index in [1.807, 2.05) is 5.32 Å². The van der Waals surface area contributed by atoms with Gasteiger partial charge in [0.05, 0.1) is 11.4 Å². The standard InChI is InChI=1S/C16H14F3N3O3/c1-8(20-16(24)25)15(23)22-13-3-2-9(17)7-14(13)21-12-5-10(18)4-11(19)6-12/h2-8,20-21H,1H3,(H,22,23)(H,24,25). The average molecular weight is 353 g/mol. The third kappa shape index (κ3) is 5.13. The van der Waals surface area contributed by atoms with Crippen molar-refractivity contribution in [2.75, 3.05) is 10.6 Å². The SMILES string of the molecule is CC(NC(=O)O)C(=O)Nc1ccc(F)cc1Nc1cc(F)cc(F)c1. The maximum atomic E-state index is 13.5. The fourth-order valence-corrected chi connectivity index (χ4v) is 2.00. The summed E-state index contributed by atoms with van der Waals surface area (Å²) in [4.78, 5) is 22.5. The molecule has 4 N–H and O–H groups in total. The molecule has 0 saturated carbocycles. The highest BCUT2D eigenvalue weighted by Gasteiger charge is 2.17. The van der Waals surface area contributed by atoms with E-state index in [2.05, 4.69) is 10.6 Å². The first-order valence-electron chi connectivity index (χ1n) is 7.07. The molecule has 0 radical (unpaired) electrons. The molecule has 132 valence electrons. The maximum Gasteiger partial charge on any atom is 0.405 e. The summed E-state index contributed by atoms with van der Waals surface area (Å²) >= 11 is 0. The summed E-state index contributed by atoms with van der Waals surface area (Å²) in [5.41, 5.74) is 0.159. The number of carboxylic acid groups (broad SMARTS) is 1. The van der Waals surface area contributed by atoms with Gasteiger partial charge in [0.15, 0.2) is 0 Å². The second-order valence-corrected chi connectivity index (χ2v) is 5.13. The van der Waals surface area contributed by atoms with Gasteiger partial charge in [-0.15, -0.1) is 0 Å². The van der Waals surface area contributed by atoms with Crippen molar-refractivity contribution in [2.24, 2.45) is 0 Å². The van der Waals surface area contributed by atoms with Crippen LogP contribution in [0.1, 0.15) is 6.92 Å². The third-order valence-corrected chi connectivity index (χ3v) is 3.11. The summed E-state index contributed by atoms with van der Waals surface area (Å²) in [7, 11) is 0. The van der Waals surface area contributed by atoms with Crippen LogP contribution in [0.2, 0.25) is 0 Å². The first-order chi connectivity index (χ1) is 11.7. The first-order valence-corrected chi connectivity index (χ1v) is 7.07. The van der Waals surface area contributed by atoms with E-state index in [9.17, 15) is 22.8 Å².